The summed E-state index contributed by atoms with van der Waals surface area (Å²) >= 11 is 0. The number of ether oxygens (including phenoxy) is 3. The molecule has 1 unspecified atom stereocenters. The molecule has 5 aromatic rings. The van der Waals surface area contributed by atoms with Gasteiger partial charge in [-0.05, 0) is 58.8 Å². The summed E-state index contributed by atoms with van der Waals surface area (Å²) in [5.41, 5.74) is 3.56. The van der Waals surface area contributed by atoms with E-state index in [2.05, 4.69) is 27.4 Å². The Morgan fingerprint density at radius 2 is 1.69 bits per heavy atom. The number of benzene rings is 4. The van der Waals surface area contributed by atoms with E-state index in [1.807, 2.05) is 60.7 Å². The van der Waals surface area contributed by atoms with E-state index in [1.54, 1.807) is 20.3 Å². The zero-order valence-corrected chi connectivity index (χ0v) is 19.7. The minimum atomic E-state index is -0.286. The van der Waals surface area contributed by atoms with E-state index in [0.717, 1.165) is 44.6 Å². The predicted octanol–water partition coefficient (Wildman–Crippen LogP) is 6.38. The third-order valence-corrected chi connectivity index (χ3v) is 6.45. The standard InChI is InChI=1S/C29H23N3O4/c1-34-20-11-9-19(10-12-20)32-28-27-25(18-7-13-22(33)24(15-18)35-2)26-21-6-4-3-5-17(21)8-14-23(26)36-29(27)31-16-30-28/h3-16,25,33H,1-2H3,(H,30,31,32). The maximum atomic E-state index is 10.3. The first kappa shape index (κ1) is 21.7. The van der Waals surface area contributed by atoms with Gasteiger partial charge in [-0.25, -0.2) is 9.97 Å². The Bertz CT molecular complexity index is 1580. The van der Waals surface area contributed by atoms with E-state index >= 15 is 0 Å². The van der Waals surface area contributed by atoms with Crippen LogP contribution in [-0.4, -0.2) is 29.3 Å². The van der Waals surface area contributed by atoms with Crippen LogP contribution in [0.3, 0.4) is 0 Å². The fourth-order valence-corrected chi connectivity index (χ4v) is 4.75. The molecule has 2 N–H and O–H groups in total. The van der Waals surface area contributed by atoms with Crippen molar-refractivity contribution in [2.45, 2.75) is 5.92 Å². The van der Waals surface area contributed by atoms with E-state index in [0.29, 0.717) is 17.4 Å². The lowest BCUT2D eigenvalue weighted by Gasteiger charge is -2.30. The molecule has 7 nitrogen and oxygen atoms in total. The van der Waals surface area contributed by atoms with Gasteiger partial charge in [-0.2, -0.15) is 0 Å². The fraction of sp³-hybridized carbons (Fsp3) is 0.103. The molecule has 1 aromatic heterocycles. The van der Waals surface area contributed by atoms with Crippen LogP contribution >= 0.6 is 0 Å². The number of hydrogen-bond acceptors (Lipinski definition) is 7. The Kier molecular flexibility index (Phi) is 5.30. The minimum Gasteiger partial charge on any atom is -0.504 e. The van der Waals surface area contributed by atoms with Gasteiger partial charge in [0.1, 0.15) is 23.6 Å². The zero-order chi connectivity index (χ0) is 24.6. The van der Waals surface area contributed by atoms with Crippen molar-refractivity contribution in [3.63, 3.8) is 0 Å². The largest absolute Gasteiger partial charge is 0.504 e. The van der Waals surface area contributed by atoms with Gasteiger partial charge >= 0.3 is 0 Å². The van der Waals surface area contributed by atoms with Crippen LogP contribution in [0.25, 0.3) is 10.8 Å². The van der Waals surface area contributed by atoms with Crippen molar-refractivity contribution >= 4 is 22.3 Å². The van der Waals surface area contributed by atoms with Gasteiger partial charge in [0.25, 0.3) is 0 Å². The van der Waals surface area contributed by atoms with Gasteiger partial charge in [-0.1, -0.05) is 36.4 Å². The summed E-state index contributed by atoms with van der Waals surface area (Å²) in [5.74, 6) is 2.78. The van der Waals surface area contributed by atoms with Gasteiger partial charge in [0, 0.05) is 17.2 Å². The first-order chi connectivity index (χ1) is 17.7. The van der Waals surface area contributed by atoms with Gasteiger partial charge < -0.3 is 24.6 Å². The summed E-state index contributed by atoms with van der Waals surface area (Å²) in [6.07, 6.45) is 1.49. The maximum Gasteiger partial charge on any atom is 0.228 e. The molecule has 2 heterocycles. The molecule has 0 bridgehead atoms. The Balaban J connectivity index is 1.59. The molecule has 0 radical (unpaired) electrons. The number of nitrogens with one attached hydrogen (secondary N) is 1. The highest BCUT2D eigenvalue weighted by atomic mass is 16.5. The monoisotopic (exact) mass is 477 g/mol. The molecule has 6 rings (SSSR count). The number of phenolic OH excluding ortho intramolecular Hbond substituents is 1. The number of anilines is 2. The van der Waals surface area contributed by atoms with Crippen LogP contribution in [0, 0.1) is 0 Å². The first-order valence-corrected chi connectivity index (χ1v) is 11.5. The zero-order valence-electron chi connectivity index (χ0n) is 19.7. The molecular formula is C29H23N3O4. The lowest BCUT2D eigenvalue weighted by Crippen LogP contribution is -2.16. The van der Waals surface area contributed by atoms with Gasteiger partial charge in [0.15, 0.2) is 11.5 Å². The highest BCUT2D eigenvalue weighted by molar-refractivity contribution is 5.91. The van der Waals surface area contributed by atoms with Crippen molar-refractivity contribution in [2.75, 3.05) is 19.5 Å². The Morgan fingerprint density at radius 1 is 0.861 bits per heavy atom. The van der Waals surface area contributed by atoms with Crippen LogP contribution in [0.2, 0.25) is 0 Å². The van der Waals surface area contributed by atoms with Crippen LogP contribution in [0.15, 0.2) is 85.2 Å². The second-order valence-corrected chi connectivity index (χ2v) is 8.46. The van der Waals surface area contributed by atoms with Gasteiger partial charge in [0.2, 0.25) is 5.88 Å². The smallest absolute Gasteiger partial charge is 0.228 e. The van der Waals surface area contributed by atoms with Gasteiger partial charge in [-0.15, -0.1) is 0 Å². The van der Waals surface area contributed by atoms with Crippen LogP contribution in [-0.2, 0) is 0 Å². The third-order valence-electron chi connectivity index (χ3n) is 6.45. The molecule has 1 aliphatic heterocycles. The average Bonchev–Trinajstić information content (AvgIpc) is 2.92. The molecule has 1 aliphatic rings. The highest BCUT2D eigenvalue weighted by Gasteiger charge is 2.35. The van der Waals surface area contributed by atoms with Crippen molar-refractivity contribution in [3.8, 4) is 28.9 Å². The van der Waals surface area contributed by atoms with Crippen molar-refractivity contribution in [1.29, 1.82) is 0 Å². The molecule has 0 aliphatic carbocycles. The summed E-state index contributed by atoms with van der Waals surface area (Å²) in [6, 6.07) is 25.3. The fourth-order valence-electron chi connectivity index (χ4n) is 4.75. The molecule has 0 saturated heterocycles. The maximum absolute atomic E-state index is 10.3. The quantitative estimate of drug-likeness (QED) is 0.298. The van der Waals surface area contributed by atoms with E-state index < -0.39 is 0 Å². The summed E-state index contributed by atoms with van der Waals surface area (Å²) in [5, 5.41) is 15.9. The molecule has 4 aromatic carbocycles. The average molecular weight is 478 g/mol. The summed E-state index contributed by atoms with van der Waals surface area (Å²) in [6.45, 7) is 0. The predicted molar refractivity (Wildman–Crippen MR) is 138 cm³/mol. The summed E-state index contributed by atoms with van der Waals surface area (Å²) in [7, 11) is 3.18. The van der Waals surface area contributed by atoms with Crippen molar-refractivity contribution in [2.24, 2.45) is 0 Å². The second kappa shape index (κ2) is 8.78. The first-order valence-electron chi connectivity index (χ1n) is 11.5. The lowest BCUT2D eigenvalue weighted by atomic mass is 9.81. The molecule has 7 heteroatoms. The molecule has 0 spiro atoms. The number of hydrogen-bond donors (Lipinski definition) is 2. The van der Waals surface area contributed by atoms with Gasteiger partial charge in [-0.3, -0.25) is 0 Å². The summed E-state index contributed by atoms with van der Waals surface area (Å²) < 4.78 is 17.1. The number of aromatic hydroxyl groups is 1. The third kappa shape index (κ3) is 3.62. The van der Waals surface area contributed by atoms with Crippen molar-refractivity contribution in [1.82, 2.24) is 9.97 Å². The summed E-state index contributed by atoms with van der Waals surface area (Å²) in [4.78, 5) is 9.09. The van der Waals surface area contributed by atoms with E-state index in [9.17, 15) is 5.11 Å². The number of fused-ring (bicyclic) bond motifs is 4. The molecule has 36 heavy (non-hydrogen) atoms. The number of rotatable bonds is 5. The molecule has 1 atom stereocenters. The Labute approximate surface area is 207 Å². The SMILES string of the molecule is COc1ccc(Nc2ncnc3c2C(c2ccc(O)c(OC)c2)c2c(ccc4ccccc24)O3)cc1. The number of aromatic nitrogens is 2. The van der Waals surface area contributed by atoms with Crippen LogP contribution in [0.5, 0.6) is 28.9 Å². The molecule has 0 amide bonds. The molecule has 0 fully saturated rings. The Morgan fingerprint density at radius 3 is 2.50 bits per heavy atom. The van der Waals surface area contributed by atoms with Crippen molar-refractivity contribution < 1.29 is 19.3 Å². The van der Waals surface area contributed by atoms with Crippen molar-refractivity contribution in [3.05, 3.63) is 102 Å². The van der Waals surface area contributed by atoms with E-state index in [1.165, 1.54) is 6.33 Å². The van der Waals surface area contributed by atoms with Crippen LogP contribution < -0.4 is 19.5 Å². The second-order valence-electron chi connectivity index (χ2n) is 8.46. The number of nitrogens with zero attached hydrogens (tertiary/aromatic N) is 2. The van der Waals surface area contributed by atoms with Crippen LogP contribution in [0.4, 0.5) is 11.5 Å². The molecular weight excluding hydrogens is 454 g/mol. The Hall–Kier alpha value is -4.78. The van der Waals surface area contributed by atoms with Crippen LogP contribution in [0.1, 0.15) is 22.6 Å². The van der Waals surface area contributed by atoms with E-state index in [-0.39, 0.29) is 11.7 Å². The minimum absolute atomic E-state index is 0.0765. The number of methoxy groups -OCH3 is 2. The van der Waals surface area contributed by atoms with Gasteiger partial charge in [0.05, 0.1) is 19.8 Å². The molecule has 178 valence electrons. The normalized spacial score (nSPS) is 13.9. The lowest BCUT2D eigenvalue weighted by molar-refractivity contribution is 0.372. The topological polar surface area (TPSA) is 85.7 Å². The highest BCUT2D eigenvalue weighted by Crippen LogP contribution is 2.52. The van der Waals surface area contributed by atoms with E-state index in [4.69, 9.17) is 14.2 Å². The number of phenols is 1. The molecule has 0 saturated carbocycles.